The van der Waals surface area contributed by atoms with Gasteiger partial charge in [0.25, 0.3) is 5.91 Å². The molecule has 7 nitrogen and oxygen atoms in total. The van der Waals surface area contributed by atoms with Crippen LogP contribution < -0.4 is 15.4 Å². The lowest BCUT2D eigenvalue weighted by atomic mass is 10.1. The molecule has 3 rings (SSSR count). The SMILES string of the molecule is COC1CN(c2ccc(C(N)=O)nc2OCC2C[C@@H]2CO)C1. The second kappa shape index (κ2) is 6.10. The van der Waals surface area contributed by atoms with E-state index in [0.717, 1.165) is 25.2 Å². The van der Waals surface area contributed by atoms with Crippen LogP contribution in [0.15, 0.2) is 12.1 Å². The first-order valence-corrected chi connectivity index (χ1v) is 7.44. The van der Waals surface area contributed by atoms with E-state index in [0.29, 0.717) is 24.3 Å². The molecule has 1 aromatic heterocycles. The van der Waals surface area contributed by atoms with E-state index in [1.807, 2.05) is 6.07 Å². The predicted molar refractivity (Wildman–Crippen MR) is 79.9 cm³/mol. The number of nitrogens with zero attached hydrogens (tertiary/aromatic N) is 2. The van der Waals surface area contributed by atoms with E-state index in [-0.39, 0.29) is 18.4 Å². The number of nitrogens with two attached hydrogens (primary N) is 1. The van der Waals surface area contributed by atoms with Crippen LogP contribution in [-0.4, -0.2) is 55.5 Å². The highest BCUT2D eigenvalue weighted by Crippen LogP contribution is 2.39. The van der Waals surface area contributed by atoms with Gasteiger partial charge in [-0.1, -0.05) is 0 Å². The fraction of sp³-hybridized carbons (Fsp3) is 0.600. The zero-order valence-electron chi connectivity index (χ0n) is 12.6. The predicted octanol–water partition coefficient (Wildman–Crippen LogP) is 0.0227. The summed E-state index contributed by atoms with van der Waals surface area (Å²) in [5, 5.41) is 9.08. The van der Waals surface area contributed by atoms with Crippen molar-refractivity contribution in [3.05, 3.63) is 17.8 Å². The first-order chi connectivity index (χ1) is 10.6. The molecule has 1 aliphatic carbocycles. The maximum absolute atomic E-state index is 11.3. The summed E-state index contributed by atoms with van der Waals surface area (Å²) in [6.07, 6.45) is 1.18. The molecule has 1 amide bonds. The Morgan fingerprint density at radius 1 is 1.45 bits per heavy atom. The minimum atomic E-state index is -0.575. The van der Waals surface area contributed by atoms with Gasteiger partial charge in [-0.25, -0.2) is 4.98 Å². The summed E-state index contributed by atoms with van der Waals surface area (Å²) in [5.41, 5.74) is 6.33. The molecule has 1 aliphatic heterocycles. The largest absolute Gasteiger partial charge is 0.476 e. The van der Waals surface area contributed by atoms with Crippen molar-refractivity contribution in [1.82, 2.24) is 4.98 Å². The number of aliphatic hydroxyl groups is 1. The third-order valence-corrected chi connectivity index (χ3v) is 4.35. The lowest BCUT2D eigenvalue weighted by Crippen LogP contribution is -2.52. The van der Waals surface area contributed by atoms with Gasteiger partial charge in [0.1, 0.15) is 11.4 Å². The Kier molecular flexibility index (Phi) is 4.17. The molecule has 1 saturated carbocycles. The van der Waals surface area contributed by atoms with Crippen molar-refractivity contribution < 1.29 is 19.4 Å². The lowest BCUT2D eigenvalue weighted by molar-refractivity contribution is 0.0782. The highest BCUT2D eigenvalue weighted by atomic mass is 16.5. The van der Waals surface area contributed by atoms with Crippen LogP contribution in [0.1, 0.15) is 16.9 Å². The molecular formula is C15H21N3O4. The number of anilines is 1. The summed E-state index contributed by atoms with van der Waals surface area (Å²) in [6, 6.07) is 3.42. The van der Waals surface area contributed by atoms with E-state index in [9.17, 15) is 4.79 Å². The monoisotopic (exact) mass is 307 g/mol. The van der Waals surface area contributed by atoms with Crippen LogP contribution in [0.3, 0.4) is 0 Å². The van der Waals surface area contributed by atoms with Gasteiger partial charge in [0.15, 0.2) is 0 Å². The number of hydrogen-bond acceptors (Lipinski definition) is 6. The number of hydrogen-bond donors (Lipinski definition) is 2. The van der Waals surface area contributed by atoms with Gasteiger partial charge >= 0.3 is 0 Å². The number of ether oxygens (including phenoxy) is 2. The average Bonchev–Trinajstić information content (AvgIpc) is 3.23. The summed E-state index contributed by atoms with van der Waals surface area (Å²) < 4.78 is 11.1. The van der Waals surface area contributed by atoms with Crippen LogP contribution in [0, 0.1) is 11.8 Å². The standard InChI is InChI=1S/C15H21N3O4/c1-21-11-5-18(6-11)13-3-2-12(14(16)20)17-15(13)22-8-10-4-9(10)7-19/h2-3,9-11,19H,4-8H2,1H3,(H2,16,20)/t9-,10?/m1/s1. The maximum Gasteiger partial charge on any atom is 0.267 e. The fourth-order valence-corrected chi connectivity index (χ4v) is 2.63. The number of carbonyl (C=O) groups excluding carboxylic acids is 1. The van der Waals surface area contributed by atoms with E-state index >= 15 is 0 Å². The number of aliphatic hydroxyl groups excluding tert-OH is 1. The summed E-state index contributed by atoms with van der Waals surface area (Å²) in [4.78, 5) is 17.6. The van der Waals surface area contributed by atoms with Crippen LogP contribution in [0.5, 0.6) is 5.88 Å². The van der Waals surface area contributed by atoms with Gasteiger partial charge < -0.3 is 25.2 Å². The topological polar surface area (TPSA) is 97.9 Å². The number of methoxy groups -OCH3 is 1. The first-order valence-electron chi connectivity index (χ1n) is 7.44. The van der Waals surface area contributed by atoms with Crippen LogP contribution >= 0.6 is 0 Å². The van der Waals surface area contributed by atoms with Gasteiger partial charge in [0.05, 0.1) is 12.7 Å². The number of carbonyl (C=O) groups is 1. The van der Waals surface area contributed by atoms with Gasteiger partial charge in [-0.2, -0.15) is 0 Å². The fourth-order valence-electron chi connectivity index (χ4n) is 2.63. The van der Waals surface area contributed by atoms with Gasteiger partial charge in [0, 0.05) is 26.8 Å². The summed E-state index contributed by atoms with van der Waals surface area (Å²) in [5.74, 6) is 0.536. The van der Waals surface area contributed by atoms with Gasteiger partial charge in [-0.3, -0.25) is 4.79 Å². The molecule has 2 fully saturated rings. The number of rotatable bonds is 7. The minimum absolute atomic E-state index is 0.192. The van der Waals surface area contributed by atoms with Crippen molar-refractivity contribution in [3.8, 4) is 5.88 Å². The average molecular weight is 307 g/mol. The Balaban J connectivity index is 1.72. The minimum Gasteiger partial charge on any atom is -0.476 e. The number of aromatic nitrogens is 1. The number of amides is 1. The van der Waals surface area contributed by atoms with Crippen molar-refractivity contribution in [3.63, 3.8) is 0 Å². The van der Waals surface area contributed by atoms with Gasteiger partial charge in [-0.05, 0) is 30.4 Å². The smallest absolute Gasteiger partial charge is 0.267 e. The Hall–Kier alpha value is -1.86. The van der Waals surface area contributed by atoms with Crippen LogP contribution in [0.2, 0.25) is 0 Å². The Morgan fingerprint density at radius 3 is 2.82 bits per heavy atom. The van der Waals surface area contributed by atoms with Crippen molar-refractivity contribution >= 4 is 11.6 Å². The third kappa shape index (κ3) is 3.00. The molecule has 1 aromatic rings. The van der Waals surface area contributed by atoms with E-state index in [4.69, 9.17) is 20.3 Å². The molecule has 0 radical (unpaired) electrons. The Labute approximate surface area is 129 Å². The summed E-state index contributed by atoms with van der Waals surface area (Å²) in [6.45, 7) is 2.23. The number of primary amides is 1. The first kappa shape index (κ1) is 15.1. The molecule has 3 N–H and O–H groups in total. The van der Waals surface area contributed by atoms with Crippen LogP contribution in [0.4, 0.5) is 5.69 Å². The quantitative estimate of drug-likeness (QED) is 0.737. The van der Waals surface area contributed by atoms with Crippen molar-refractivity contribution in [2.24, 2.45) is 17.6 Å². The molecule has 2 aliphatic rings. The molecule has 0 aromatic carbocycles. The molecular weight excluding hydrogens is 286 g/mol. The lowest BCUT2D eigenvalue weighted by Gasteiger charge is -2.40. The van der Waals surface area contributed by atoms with Gasteiger partial charge in [-0.15, -0.1) is 0 Å². The molecule has 1 saturated heterocycles. The van der Waals surface area contributed by atoms with Gasteiger partial charge in [0.2, 0.25) is 5.88 Å². The van der Waals surface area contributed by atoms with E-state index in [1.54, 1.807) is 13.2 Å². The van der Waals surface area contributed by atoms with Crippen molar-refractivity contribution in [2.45, 2.75) is 12.5 Å². The molecule has 7 heteroatoms. The normalized spacial score (nSPS) is 24.0. The van der Waals surface area contributed by atoms with E-state index < -0.39 is 5.91 Å². The molecule has 0 spiro atoms. The molecule has 1 unspecified atom stereocenters. The Bertz CT molecular complexity index is 560. The molecule has 0 bridgehead atoms. The molecule has 22 heavy (non-hydrogen) atoms. The van der Waals surface area contributed by atoms with Crippen LogP contribution in [0.25, 0.3) is 0 Å². The summed E-state index contributed by atoms with van der Waals surface area (Å²) in [7, 11) is 1.69. The van der Waals surface area contributed by atoms with Crippen molar-refractivity contribution in [1.29, 1.82) is 0 Å². The molecule has 2 heterocycles. The van der Waals surface area contributed by atoms with Crippen molar-refractivity contribution in [2.75, 3.05) is 38.3 Å². The van der Waals surface area contributed by atoms with E-state index in [1.165, 1.54) is 0 Å². The van der Waals surface area contributed by atoms with Crippen LogP contribution in [-0.2, 0) is 4.74 Å². The Morgan fingerprint density at radius 2 is 2.23 bits per heavy atom. The molecule has 120 valence electrons. The molecule has 2 atom stereocenters. The highest BCUT2D eigenvalue weighted by Gasteiger charge is 2.37. The van der Waals surface area contributed by atoms with E-state index in [2.05, 4.69) is 9.88 Å². The zero-order chi connectivity index (χ0) is 15.7. The summed E-state index contributed by atoms with van der Waals surface area (Å²) >= 11 is 0. The number of pyridine rings is 1. The highest BCUT2D eigenvalue weighted by molar-refractivity contribution is 5.91. The second-order valence-electron chi connectivity index (χ2n) is 5.90. The zero-order valence-corrected chi connectivity index (χ0v) is 12.6. The maximum atomic E-state index is 11.3. The third-order valence-electron chi connectivity index (χ3n) is 4.35. The second-order valence-corrected chi connectivity index (χ2v) is 5.90.